The Kier molecular flexibility index (Phi) is 4.88. The van der Waals surface area contributed by atoms with Crippen molar-refractivity contribution in [1.29, 1.82) is 0 Å². The SMILES string of the molecule is Cc1scc2ccc(Cl)cc12.O=S(=O)(Cl)Cl. The summed E-state index contributed by atoms with van der Waals surface area (Å²) < 4.78 is 18.3. The van der Waals surface area contributed by atoms with E-state index < -0.39 is 8.26 Å². The van der Waals surface area contributed by atoms with Crippen molar-refractivity contribution in [3.05, 3.63) is 33.5 Å². The topological polar surface area (TPSA) is 34.1 Å². The number of thiophene rings is 1. The van der Waals surface area contributed by atoms with Gasteiger partial charge in [0.15, 0.2) is 0 Å². The van der Waals surface area contributed by atoms with Crippen LogP contribution in [-0.4, -0.2) is 8.42 Å². The number of benzene rings is 1. The minimum absolute atomic E-state index is 0.819. The predicted molar refractivity (Wildman–Crippen MR) is 72.2 cm³/mol. The normalized spacial score (nSPS) is 11.0. The molecule has 2 nitrogen and oxygen atoms in total. The van der Waals surface area contributed by atoms with Crippen LogP contribution in [0.5, 0.6) is 0 Å². The lowest BCUT2D eigenvalue weighted by molar-refractivity contribution is 0.621. The largest absolute Gasteiger partial charge is 0.317 e. The van der Waals surface area contributed by atoms with Gasteiger partial charge in [-0.1, -0.05) is 17.7 Å². The van der Waals surface area contributed by atoms with Crippen LogP contribution >= 0.6 is 44.3 Å². The lowest BCUT2D eigenvalue weighted by atomic mass is 10.2. The zero-order valence-corrected chi connectivity index (χ0v) is 12.0. The maximum atomic E-state index is 9.16. The highest BCUT2D eigenvalue weighted by Gasteiger charge is 1.98. The second kappa shape index (κ2) is 5.56. The molecule has 0 aliphatic heterocycles. The first-order chi connectivity index (χ1) is 7.27. The first-order valence-electron chi connectivity index (χ1n) is 4.05. The average Bonchev–Trinajstić information content (AvgIpc) is 2.45. The molecule has 2 aromatic rings. The first kappa shape index (κ1) is 14.1. The molecule has 16 heavy (non-hydrogen) atoms. The molecule has 0 unspecified atom stereocenters. The van der Waals surface area contributed by atoms with Gasteiger partial charge in [-0.15, -0.1) is 11.3 Å². The van der Waals surface area contributed by atoms with Crippen molar-refractivity contribution in [2.45, 2.75) is 6.92 Å². The van der Waals surface area contributed by atoms with Crippen LogP contribution in [0.25, 0.3) is 10.8 Å². The first-order valence-corrected chi connectivity index (χ1v) is 8.44. The highest BCUT2D eigenvalue weighted by molar-refractivity contribution is 8.31. The van der Waals surface area contributed by atoms with Crippen molar-refractivity contribution < 1.29 is 8.42 Å². The molecule has 0 aliphatic carbocycles. The highest BCUT2D eigenvalue weighted by atomic mass is 36.0. The van der Waals surface area contributed by atoms with Gasteiger partial charge in [0, 0.05) is 31.3 Å². The zero-order valence-electron chi connectivity index (χ0n) is 8.08. The molecule has 0 amide bonds. The third kappa shape index (κ3) is 4.89. The monoisotopic (exact) mass is 316 g/mol. The van der Waals surface area contributed by atoms with Crippen molar-refractivity contribution in [3.8, 4) is 0 Å². The van der Waals surface area contributed by atoms with Crippen molar-refractivity contribution in [2.24, 2.45) is 0 Å². The highest BCUT2D eigenvalue weighted by Crippen LogP contribution is 2.27. The van der Waals surface area contributed by atoms with E-state index in [1.165, 1.54) is 15.6 Å². The summed E-state index contributed by atoms with van der Waals surface area (Å²) in [5.74, 6) is 0. The number of halogens is 3. The Morgan fingerprint density at radius 3 is 2.38 bits per heavy atom. The standard InChI is InChI=1S/C9H7ClS.Cl2O2S/c1-6-9-4-8(10)3-2-7(9)5-11-6;1-5(2,3)4/h2-5H,1H3;. The molecule has 2 rings (SSSR count). The number of fused-ring (bicyclic) bond motifs is 1. The number of aryl methyl sites for hydroxylation is 1. The number of rotatable bonds is 0. The second-order valence-electron chi connectivity index (χ2n) is 2.90. The van der Waals surface area contributed by atoms with E-state index in [1.54, 1.807) is 11.3 Å². The summed E-state index contributed by atoms with van der Waals surface area (Å²) in [5.41, 5.74) is 0. The maximum Gasteiger partial charge on any atom is 0.317 e. The van der Waals surface area contributed by atoms with Crippen molar-refractivity contribution in [2.75, 3.05) is 0 Å². The van der Waals surface area contributed by atoms with E-state index >= 15 is 0 Å². The fraction of sp³-hybridized carbons (Fsp3) is 0.111. The number of hydrogen-bond acceptors (Lipinski definition) is 3. The van der Waals surface area contributed by atoms with E-state index in [4.69, 9.17) is 20.0 Å². The van der Waals surface area contributed by atoms with Gasteiger partial charge in [-0.05, 0) is 35.2 Å². The Morgan fingerprint density at radius 2 is 1.81 bits per heavy atom. The minimum Gasteiger partial charge on any atom is -0.195 e. The van der Waals surface area contributed by atoms with E-state index in [0.29, 0.717) is 0 Å². The Morgan fingerprint density at radius 1 is 1.25 bits per heavy atom. The summed E-state index contributed by atoms with van der Waals surface area (Å²) in [5, 5.41) is 5.54. The van der Waals surface area contributed by atoms with E-state index in [9.17, 15) is 0 Å². The zero-order chi connectivity index (χ0) is 12.3. The molecule has 1 heterocycles. The minimum atomic E-state index is -3.72. The maximum absolute atomic E-state index is 9.16. The third-order valence-electron chi connectivity index (χ3n) is 1.76. The Hall–Kier alpha value is -0.000000000000000111. The summed E-state index contributed by atoms with van der Waals surface area (Å²) >= 11 is 7.62. The van der Waals surface area contributed by atoms with Crippen LogP contribution < -0.4 is 0 Å². The van der Waals surface area contributed by atoms with Gasteiger partial charge in [-0.3, -0.25) is 0 Å². The van der Waals surface area contributed by atoms with Gasteiger partial charge < -0.3 is 0 Å². The lowest BCUT2D eigenvalue weighted by Crippen LogP contribution is -1.66. The quantitative estimate of drug-likeness (QED) is 0.667. The van der Waals surface area contributed by atoms with E-state index in [0.717, 1.165) is 5.02 Å². The molecule has 0 aliphatic rings. The van der Waals surface area contributed by atoms with Crippen LogP contribution in [0.1, 0.15) is 4.88 Å². The summed E-state index contributed by atoms with van der Waals surface area (Å²) in [6, 6.07) is 6.00. The molecule has 0 bridgehead atoms. The molecule has 0 atom stereocenters. The molecule has 0 saturated carbocycles. The van der Waals surface area contributed by atoms with Crippen LogP contribution in [0.2, 0.25) is 5.02 Å². The average molecular weight is 318 g/mol. The molecule has 1 aromatic carbocycles. The second-order valence-corrected chi connectivity index (χ2v) is 8.09. The van der Waals surface area contributed by atoms with Gasteiger partial charge in [0.1, 0.15) is 0 Å². The molecule has 0 spiro atoms. The summed E-state index contributed by atoms with van der Waals surface area (Å²) in [6.07, 6.45) is 0. The predicted octanol–water partition coefficient (Wildman–Crippen LogP) is 4.57. The van der Waals surface area contributed by atoms with E-state index in [2.05, 4.69) is 39.7 Å². The molecule has 88 valence electrons. The molecular weight excluding hydrogens is 311 g/mol. The van der Waals surface area contributed by atoms with Gasteiger partial charge in [0.2, 0.25) is 0 Å². The van der Waals surface area contributed by atoms with Crippen LogP contribution in [0, 0.1) is 6.92 Å². The molecule has 0 N–H and O–H groups in total. The van der Waals surface area contributed by atoms with Crippen LogP contribution in [0.4, 0.5) is 0 Å². The van der Waals surface area contributed by atoms with Crippen molar-refractivity contribution in [1.82, 2.24) is 0 Å². The van der Waals surface area contributed by atoms with Gasteiger partial charge in [-0.25, -0.2) is 0 Å². The summed E-state index contributed by atoms with van der Waals surface area (Å²) in [7, 11) is 4.81. The van der Waals surface area contributed by atoms with Crippen LogP contribution in [0.3, 0.4) is 0 Å². The smallest absolute Gasteiger partial charge is 0.195 e. The summed E-state index contributed by atoms with van der Waals surface area (Å²) in [6.45, 7) is 2.11. The molecule has 0 radical (unpaired) electrons. The van der Waals surface area contributed by atoms with Gasteiger partial charge in [0.25, 0.3) is 0 Å². The van der Waals surface area contributed by atoms with Crippen molar-refractivity contribution >= 4 is 63.3 Å². The molecule has 1 aromatic heterocycles. The molecule has 0 fully saturated rings. The lowest BCUT2D eigenvalue weighted by Gasteiger charge is -1.91. The van der Waals surface area contributed by atoms with E-state index in [1.807, 2.05) is 12.1 Å². The Balaban J connectivity index is 0.000000221. The van der Waals surface area contributed by atoms with E-state index in [-0.39, 0.29) is 0 Å². The Labute approximate surface area is 112 Å². The summed E-state index contributed by atoms with van der Waals surface area (Å²) in [4.78, 5) is 1.34. The molecule has 7 heteroatoms. The fourth-order valence-electron chi connectivity index (χ4n) is 1.15. The fourth-order valence-corrected chi connectivity index (χ4v) is 2.14. The molecule has 0 saturated heterocycles. The van der Waals surface area contributed by atoms with Gasteiger partial charge in [-0.2, -0.15) is 8.42 Å². The van der Waals surface area contributed by atoms with Crippen LogP contribution in [0.15, 0.2) is 23.6 Å². The van der Waals surface area contributed by atoms with Crippen molar-refractivity contribution in [3.63, 3.8) is 0 Å². The molecular formula is C9H7Cl3O2S2. The Bertz CT molecular complexity index is 582. The van der Waals surface area contributed by atoms with Gasteiger partial charge >= 0.3 is 8.26 Å². The third-order valence-corrected chi connectivity index (χ3v) is 2.94. The van der Waals surface area contributed by atoms with Crippen LogP contribution in [-0.2, 0) is 8.26 Å². The van der Waals surface area contributed by atoms with Gasteiger partial charge in [0.05, 0.1) is 0 Å². The number of hydrogen-bond donors (Lipinski definition) is 0.